The normalized spacial score (nSPS) is 19.0. The Morgan fingerprint density at radius 1 is 1.37 bits per heavy atom. The molecule has 2 atom stereocenters. The van der Waals surface area contributed by atoms with Crippen molar-refractivity contribution in [2.24, 2.45) is 7.05 Å². The van der Waals surface area contributed by atoms with Gasteiger partial charge in [0, 0.05) is 24.0 Å². The van der Waals surface area contributed by atoms with Crippen molar-refractivity contribution in [3.8, 4) is 0 Å². The summed E-state index contributed by atoms with van der Waals surface area (Å²) in [5.74, 6) is 0.737. The maximum Gasteiger partial charge on any atom is 0.261 e. The molecule has 0 unspecified atom stereocenters. The highest BCUT2D eigenvalue weighted by Gasteiger charge is 2.39. The Hall–Kier alpha value is -1.41. The molecular formula is C20H29N3O3S. The standard InChI is InChI=1S/C20H29N3O3S/c1-12-8-14(13(2)22-27(25)19(3,4)5)16-15(9-12)17(24)23(7)18(21-16)20(6)10-26-11-20/h8-9,13,22H,10-11H2,1-7H3/t13-,27-/m1/s1. The Kier molecular flexibility index (Phi) is 5.18. The number of nitrogens with zero attached hydrogens (tertiary/aromatic N) is 2. The third-order valence-corrected chi connectivity index (χ3v) is 6.72. The Bertz CT molecular complexity index is 929. The monoisotopic (exact) mass is 391 g/mol. The molecule has 1 aliphatic rings. The Morgan fingerprint density at radius 3 is 2.52 bits per heavy atom. The quantitative estimate of drug-likeness (QED) is 0.811. The van der Waals surface area contributed by atoms with Gasteiger partial charge in [-0.25, -0.2) is 4.98 Å². The average molecular weight is 392 g/mol. The summed E-state index contributed by atoms with van der Waals surface area (Å²) in [6.45, 7) is 12.9. The molecule has 0 saturated carbocycles. The van der Waals surface area contributed by atoms with Gasteiger partial charge in [0.05, 0.1) is 35.6 Å². The smallest absolute Gasteiger partial charge is 0.261 e. The molecule has 0 spiro atoms. The largest absolute Gasteiger partial charge is 0.598 e. The van der Waals surface area contributed by atoms with E-state index >= 15 is 0 Å². The van der Waals surface area contributed by atoms with E-state index in [0.717, 1.165) is 17.0 Å². The lowest BCUT2D eigenvalue weighted by molar-refractivity contribution is -0.0559. The van der Waals surface area contributed by atoms with E-state index in [0.29, 0.717) is 24.1 Å². The Balaban J connectivity index is 2.16. The lowest BCUT2D eigenvalue weighted by Crippen LogP contribution is -2.48. The van der Waals surface area contributed by atoms with Crippen molar-refractivity contribution in [2.45, 2.75) is 57.7 Å². The lowest BCUT2D eigenvalue weighted by atomic mass is 9.87. The average Bonchev–Trinajstić information content (AvgIpc) is 2.54. The zero-order chi connectivity index (χ0) is 20.1. The third-order valence-electron chi connectivity index (χ3n) is 5.04. The maximum absolute atomic E-state index is 13.0. The molecule has 7 heteroatoms. The zero-order valence-electron chi connectivity index (χ0n) is 17.2. The van der Waals surface area contributed by atoms with Gasteiger partial charge in [-0.05, 0) is 53.2 Å². The molecule has 0 amide bonds. The van der Waals surface area contributed by atoms with Crippen LogP contribution >= 0.6 is 0 Å². The molecule has 1 fully saturated rings. The van der Waals surface area contributed by atoms with Crippen LogP contribution in [0.1, 0.15) is 57.6 Å². The number of benzene rings is 1. The molecule has 6 nitrogen and oxygen atoms in total. The number of aromatic nitrogens is 2. The minimum Gasteiger partial charge on any atom is -0.598 e. The van der Waals surface area contributed by atoms with Crippen LogP contribution < -0.4 is 10.3 Å². The van der Waals surface area contributed by atoms with Crippen LogP contribution in [-0.2, 0) is 28.6 Å². The molecule has 0 aliphatic carbocycles. The first kappa shape index (κ1) is 20.3. The SMILES string of the molecule is Cc1cc([C@@H](C)N[S@+]([O-])C(C)(C)C)c2nc(C3(C)COC3)n(C)c(=O)c2c1. The predicted octanol–water partition coefficient (Wildman–Crippen LogP) is 2.64. The van der Waals surface area contributed by atoms with Gasteiger partial charge in [0.15, 0.2) is 0 Å². The molecule has 0 bridgehead atoms. The van der Waals surface area contributed by atoms with Crippen molar-refractivity contribution < 1.29 is 9.29 Å². The molecule has 2 aromatic rings. The van der Waals surface area contributed by atoms with Gasteiger partial charge in [-0.15, -0.1) is 4.72 Å². The number of hydrogen-bond acceptors (Lipinski definition) is 5. The van der Waals surface area contributed by atoms with Crippen LogP contribution in [0.2, 0.25) is 0 Å². The second kappa shape index (κ2) is 6.88. The van der Waals surface area contributed by atoms with Crippen LogP contribution in [0.5, 0.6) is 0 Å². The van der Waals surface area contributed by atoms with E-state index in [1.165, 1.54) is 0 Å². The fraction of sp³-hybridized carbons (Fsp3) is 0.600. The highest BCUT2D eigenvalue weighted by molar-refractivity contribution is 7.90. The van der Waals surface area contributed by atoms with Crippen molar-refractivity contribution in [3.63, 3.8) is 0 Å². The van der Waals surface area contributed by atoms with Crippen molar-refractivity contribution in [2.75, 3.05) is 13.2 Å². The molecule has 0 radical (unpaired) electrons. The molecule has 27 heavy (non-hydrogen) atoms. The van der Waals surface area contributed by atoms with Gasteiger partial charge in [-0.3, -0.25) is 9.36 Å². The van der Waals surface area contributed by atoms with Gasteiger partial charge in [0.25, 0.3) is 5.56 Å². The second-order valence-electron chi connectivity index (χ2n) is 8.82. The van der Waals surface area contributed by atoms with Crippen LogP contribution in [-0.4, -0.2) is 32.1 Å². The highest BCUT2D eigenvalue weighted by Crippen LogP contribution is 2.32. The topological polar surface area (TPSA) is 79.2 Å². The fourth-order valence-corrected chi connectivity index (χ4v) is 4.16. The van der Waals surface area contributed by atoms with Crippen LogP contribution in [0.15, 0.2) is 16.9 Å². The number of ether oxygens (including phenoxy) is 1. The maximum atomic E-state index is 13.0. The lowest BCUT2D eigenvalue weighted by Gasteiger charge is -2.38. The summed E-state index contributed by atoms with van der Waals surface area (Å²) in [4.78, 5) is 18.0. The highest BCUT2D eigenvalue weighted by atomic mass is 32.2. The van der Waals surface area contributed by atoms with Crippen LogP contribution in [0.3, 0.4) is 0 Å². The Labute approximate surface area is 163 Å². The van der Waals surface area contributed by atoms with Crippen molar-refractivity contribution in [1.29, 1.82) is 0 Å². The van der Waals surface area contributed by atoms with Crippen LogP contribution in [0.25, 0.3) is 10.9 Å². The fourth-order valence-electron chi connectivity index (χ4n) is 3.36. The van der Waals surface area contributed by atoms with Gasteiger partial charge >= 0.3 is 0 Å². The van der Waals surface area contributed by atoms with Crippen molar-refractivity contribution in [3.05, 3.63) is 39.4 Å². The minimum absolute atomic E-state index is 0.0581. The molecule has 1 aliphatic heterocycles. The number of hydrogen-bond donors (Lipinski definition) is 1. The number of fused-ring (bicyclic) bond motifs is 1. The van der Waals surface area contributed by atoms with Crippen molar-refractivity contribution in [1.82, 2.24) is 14.3 Å². The minimum atomic E-state index is -1.22. The molecule has 1 N–H and O–H groups in total. The molecule has 3 rings (SSSR count). The summed E-state index contributed by atoms with van der Waals surface area (Å²) in [7, 11) is 1.77. The van der Waals surface area contributed by atoms with E-state index < -0.39 is 11.4 Å². The summed E-state index contributed by atoms with van der Waals surface area (Å²) < 4.78 is 22.4. The first-order chi connectivity index (χ1) is 12.4. The summed E-state index contributed by atoms with van der Waals surface area (Å²) in [6.07, 6.45) is 0. The van der Waals surface area contributed by atoms with E-state index in [1.54, 1.807) is 11.6 Å². The first-order valence-corrected chi connectivity index (χ1v) is 10.4. The number of rotatable bonds is 4. The van der Waals surface area contributed by atoms with E-state index in [-0.39, 0.29) is 21.8 Å². The summed E-state index contributed by atoms with van der Waals surface area (Å²) in [6, 6.07) is 3.70. The molecular weight excluding hydrogens is 362 g/mol. The van der Waals surface area contributed by atoms with E-state index in [2.05, 4.69) is 11.6 Å². The Morgan fingerprint density at radius 2 is 2.00 bits per heavy atom. The molecule has 1 aromatic heterocycles. The van der Waals surface area contributed by atoms with Gasteiger partial charge in [-0.2, -0.15) is 0 Å². The van der Waals surface area contributed by atoms with Crippen LogP contribution in [0, 0.1) is 6.92 Å². The van der Waals surface area contributed by atoms with E-state index in [9.17, 15) is 9.35 Å². The van der Waals surface area contributed by atoms with E-state index in [1.807, 2.05) is 46.8 Å². The predicted molar refractivity (Wildman–Crippen MR) is 109 cm³/mol. The second-order valence-corrected chi connectivity index (χ2v) is 10.8. The summed E-state index contributed by atoms with van der Waals surface area (Å²) in [5.41, 5.74) is 2.24. The van der Waals surface area contributed by atoms with Gasteiger partial charge in [0.2, 0.25) is 0 Å². The molecule has 1 saturated heterocycles. The summed E-state index contributed by atoms with van der Waals surface area (Å²) >= 11 is -1.22. The summed E-state index contributed by atoms with van der Waals surface area (Å²) in [5, 5.41) is 0.593. The van der Waals surface area contributed by atoms with Gasteiger partial charge in [-0.1, -0.05) is 6.07 Å². The van der Waals surface area contributed by atoms with Gasteiger partial charge < -0.3 is 9.29 Å². The molecule has 2 heterocycles. The van der Waals surface area contributed by atoms with Gasteiger partial charge in [0.1, 0.15) is 10.6 Å². The zero-order valence-corrected chi connectivity index (χ0v) is 18.0. The molecule has 148 valence electrons. The number of aryl methyl sites for hydroxylation is 1. The van der Waals surface area contributed by atoms with E-state index in [4.69, 9.17) is 9.72 Å². The van der Waals surface area contributed by atoms with Crippen LogP contribution in [0.4, 0.5) is 0 Å². The van der Waals surface area contributed by atoms with Crippen molar-refractivity contribution >= 4 is 22.3 Å². The third kappa shape index (κ3) is 3.66. The molecule has 1 aromatic carbocycles. The number of nitrogens with one attached hydrogen (secondary N) is 1. The first-order valence-electron chi connectivity index (χ1n) is 9.21.